The minimum atomic E-state index is -1.08. The van der Waals surface area contributed by atoms with Crippen LogP contribution in [0.5, 0.6) is 0 Å². The Bertz CT molecular complexity index is 301. The zero-order valence-corrected chi connectivity index (χ0v) is 7.86. The lowest BCUT2D eigenvalue weighted by atomic mass is 10.3. The summed E-state index contributed by atoms with van der Waals surface area (Å²) in [5.41, 5.74) is 11.3. The topological polar surface area (TPSA) is 106 Å². The Morgan fingerprint density at radius 2 is 1.71 bits per heavy atom. The highest BCUT2D eigenvalue weighted by molar-refractivity contribution is 5.70. The highest BCUT2D eigenvalue weighted by Crippen LogP contribution is 1.94. The van der Waals surface area contributed by atoms with E-state index in [2.05, 4.69) is 4.99 Å². The van der Waals surface area contributed by atoms with Crippen LogP contribution < -0.4 is 21.6 Å². The molecule has 5 heteroatoms. The largest absolute Gasteiger partial charge is 0.550 e. The molecule has 76 valence electrons. The summed E-state index contributed by atoms with van der Waals surface area (Å²) in [6.07, 6.45) is 0. The number of para-hydroxylation sites is 1. The number of aliphatic carboxylic acids is 1. The molecule has 0 aromatic heterocycles. The molecule has 0 saturated heterocycles. The summed E-state index contributed by atoms with van der Waals surface area (Å²) >= 11 is 0. The summed E-state index contributed by atoms with van der Waals surface area (Å²) in [6, 6.07) is 9.52. The van der Waals surface area contributed by atoms with Gasteiger partial charge in [0.15, 0.2) is 0 Å². The number of nitrogens with two attached hydrogens (primary N) is 2. The van der Waals surface area contributed by atoms with Crippen LogP contribution in [0.2, 0.25) is 0 Å². The van der Waals surface area contributed by atoms with Gasteiger partial charge in [0, 0.05) is 5.97 Å². The second-order valence-electron chi connectivity index (χ2n) is 2.44. The van der Waals surface area contributed by atoms with Gasteiger partial charge >= 0.3 is 5.96 Å². The first-order valence-corrected chi connectivity index (χ1v) is 3.90. The zero-order chi connectivity index (χ0) is 11.0. The van der Waals surface area contributed by atoms with Crippen molar-refractivity contribution in [1.29, 1.82) is 0 Å². The van der Waals surface area contributed by atoms with Crippen LogP contribution in [0, 0.1) is 0 Å². The van der Waals surface area contributed by atoms with Crippen molar-refractivity contribution in [3.8, 4) is 0 Å². The number of hydrogen-bond acceptors (Lipinski definition) is 2. The molecule has 0 bridgehead atoms. The molecule has 0 heterocycles. The number of hydrogen-bond donors (Lipinski definition) is 3. The Balaban J connectivity index is 0.000000364. The monoisotopic (exact) mass is 195 g/mol. The summed E-state index contributed by atoms with van der Waals surface area (Å²) in [7, 11) is 0. The Kier molecular flexibility index (Phi) is 5.53. The average Bonchev–Trinajstić information content (AvgIpc) is 2.03. The molecule has 1 rings (SSSR count). The van der Waals surface area contributed by atoms with E-state index < -0.39 is 5.97 Å². The molecule has 0 aliphatic rings. The van der Waals surface area contributed by atoms with Gasteiger partial charge in [-0.05, 0) is 19.1 Å². The maximum atomic E-state index is 8.89. The van der Waals surface area contributed by atoms with Crippen molar-refractivity contribution >= 4 is 17.6 Å². The lowest BCUT2D eigenvalue weighted by Crippen LogP contribution is -2.72. The van der Waals surface area contributed by atoms with Crippen LogP contribution in [0.4, 0.5) is 5.69 Å². The number of nitrogens with one attached hydrogen (secondary N) is 1. The molecule has 5 N–H and O–H groups in total. The molecule has 5 nitrogen and oxygen atoms in total. The van der Waals surface area contributed by atoms with E-state index in [1.54, 1.807) is 0 Å². The van der Waals surface area contributed by atoms with Gasteiger partial charge in [-0.1, -0.05) is 18.2 Å². The highest BCUT2D eigenvalue weighted by Gasteiger charge is 1.87. The van der Waals surface area contributed by atoms with Crippen molar-refractivity contribution < 1.29 is 14.9 Å². The summed E-state index contributed by atoms with van der Waals surface area (Å²) < 4.78 is 0. The van der Waals surface area contributed by atoms with Crippen LogP contribution >= 0.6 is 0 Å². The summed E-state index contributed by atoms with van der Waals surface area (Å²) in [5, 5.41) is 8.89. The number of benzene rings is 1. The van der Waals surface area contributed by atoms with E-state index in [9.17, 15) is 0 Å². The SMILES string of the molecule is CC(=O)[O-].NC(N)=[NH+]c1ccccc1. The van der Waals surface area contributed by atoms with E-state index in [4.69, 9.17) is 21.4 Å². The third-order valence-electron chi connectivity index (χ3n) is 1.06. The van der Waals surface area contributed by atoms with Crippen molar-refractivity contribution in [3.05, 3.63) is 30.3 Å². The smallest absolute Gasteiger partial charge is 0.343 e. The van der Waals surface area contributed by atoms with Gasteiger partial charge in [-0.2, -0.15) is 0 Å². The number of carbonyl (C=O) groups excluding carboxylic acids is 1. The van der Waals surface area contributed by atoms with Gasteiger partial charge in [0.2, 0.25) is 0 Å². The summed E-state index contributed by atoms with van der Waals surface area (Å²) in [4.78, 5) is 11.7. The van der Waals surface area contributed by atoms with Gasteiger partial charge < -0.3 is 9.90 Å². The first kappa shape index (κ1) is 12.0. The highest BCUT2D eigenvalue weighted by atomic mass is 16.4. The predicted octanol–water partition coefficient (Wildman–Crippen LogP) is -2.57. The molecular formula is C9H13N3O2. The van der Waals surface area contributed by atoms with E-state index in [1.807, 2.05) is 30.3 Å². The lowest BCUT2D eigenvalue weighted by molar-refractivity contribution is -0.356. The Hall–Kier alpha value is -2.04. The molecule has 0 aliphatic heterocycles. The van der Waals surface area contributed by atoms with Gasteiger partial charge in [-0.3, -0.25) is 11.5 Å². The van der Waals surface area contributed by atoms with E-state index in [-0.39, 0.29) is 5.96 Å². The Labute approximate surface area is 82.1 Å². The number of carboxylic acids is 1. The summed E-state index contributed by atoms with van der Waals surface area (Å²) in [6.45, 7) is 0.972. The lowest BCUT2D eigenvalue weighted by Gasteiger charge is -1.88. The van der Waals surface area contributed by atoms with Crippen LogP contribution in [0.1, 0.15) is 6.92 Å². The molecule has 14 heavy (non-hydrogen) atoms. The van der Waals surface area contributed by atoms with Crippen LogP contribution in [-0.2, 0) is 4.79 Å². The minimum absolute atomic E-state index is 0.214. The van der Waals surface area contributed by atoms with Crippen LogP contribution in [0.15, 0.2) is 30.3 Å². The van der Waals surface area contributed by atoms with Gasteiger partial charge in [0.1, 0.15) is 0 Å². The van der Waals surface area contributed by atoms with Crippen molar-refractivity contribution in [2.75, 3.05) is 0 Å². The molecular weight excluding hydrogens is 182 g/mol. The second kappa shape index (κ2) is 6.47. The van der Waals surface area contributed by atoms with Crippen molar-refractivity contribution in [3.63, 3.8) is 0 Å². The predicted molar refractivity (Wildman–Crippen MR) is 51.1 cm³/mol. The third kappa shape index (κ3) is 8.06. The van der Waals surface area contributed by atoms with E-state index in [1.165, 1.54) is 0 Å². The molecule has 0 atom stereocenters. The number of guanidine groups is 1. The van der Waals surface area contributed by atoms with Crippen LogP contribution in [0.25, 0.3) is 0 Å². The molecule has 0 spiro atoms. The van der Waals surface area contributed by atoms with E-state index in [0.717, 1.165) is 12.6 Å². The van der Waals surface area contributed by atoms with Gasteiger partial charge in [0.05, 0.1) is 5.69 Å². The van der Waals surface area contributed by atoms with Crippen molar-refractivity contribution in [1.82, 2.24) is 0 Å². The first-order chi connectivity index (χ1) is 6.52. The quantitative estimate of drug-likeness (QED) is 0.338. The number of carbonyl (C=O) groups is 1. The minimum Gasteiger partial charge on any atom is -0.550 e. The zero-order valence-electron chi connectivity index (χ0n) is 7.86. The molecule has 0 saturated carbocycles. The first-order valence-electron chi connectivity index (χ1n) is 3.90. The van der Waals surface area contributed by atoms with Crippen LogP contribution in [-0.4, -0.2) is 11.9 Å². The van der Waals surface area contributed by atoms with E-state index >= 15 is 0 Å². The maximum Gasteiger partial charge on any atom is 0.343 e. The van der Waals surface area contributed by atoms with Crippen molar-refractivity contribution in [2.24, 2.45) is 11.5 Å². The molecule has 0 radical (unpaired) electrons. The Morgan fingerprint density at radius 1 is 1.29 bits per heavy atom. The number of rotatable bonds is 1. The Morgan fingerprint density at radius 3 is 2.07 bits per heavy atom. The van der Waals surface area contributed by atoms with Gasteiger partial charge in [-0.15, -0.1) is 0 Å². The molecule has 0 amide bonds. The normalized spacial score (nSPS) is 8.07. The van der Waals surface area contributed by atoms with Crippen molar-refractivity contribution in [2.45, 2.75) is 6.92 Å². The molecule has 0 unspecified atom stereocenters. The van der Waals surface area contributed by atoms with E-state index in [0.29, 0.717) is 0 Å². The molecule has 1 aromatic rings. The fourth-order valence-corrected chi connectivity index (χ4v) is 0.688. The molecule has 1 aromatic carbocycles. The molecule has 0 fully saturated rings. The maximum absolute atomic E-state index is 8.89. The average molecular weight is 195 g/mol. The van der Waals surface area contributed by atoms with Crippen LogP contribution in [0.3, 0.4) is 0 Å². The third-order valence-corrected chi connectivity index (χ3v) is 1.06. The number of carboxylic acid groups (broad SMARTS) is 1. The fourth-order valence-electron chi connectivity index (χ4n) is 0.688. The summed E-state index contributed by atoms with van der Waals surface area (Å²) in [5.74, 6) is -0.869. The van der Waals surface area contributed by atoms with Gasteiger partial charge in [-0.25, -0.2) is 4.99 Å². The molecule has 0 aliphatic carbocycles. The standard InChI is InChI=1S/C7H9N3.C2H4O2/c8-7(9)10-6-4-2-1-3-5-6;1-2(3)4/h1-5H,(H4,8,9,10);1H3,(H,3,4). The second-order valence-corrected chi connectivity index (χ2v) is 2.44. The van der Waals surface area contributed by atoms with Gasteiger partial charge in [0.25, 0.3) is 0 Å². The fraction of sp³-hybridized carbons (Fsp3) is 0.111.